The molecule has 2 heteroatoms. The molecular weight excluding hydrogens is 196 g/mol. The summed E-state index contributed by atoms with van der Waals surface area (Å²) in [7, 11) is 4.42. The van der Waals surface area contributed by atoms with Crippen LogP contribution in [0.4, 0.5) is 0 Å². The van der Waals surface area contributed by atoms with E-state index in [-0.39, 0.29) is 0 Å². The zero-order valence-electron chi connectivity index (χ0n) is 11.5. The maximum atomic E-state index is 3.72. The average molecular weight is 226 g/mol. The SMILES string of the molecule is CCCCCCNC1CCC(N(C)C)CC1. The fraction of sp³-hybridized carbons (Fsp3) is 1.00. The minimum Gasteiger partial charge on any atom is -0.314 e. The van der Waals surface area contributed by atoms with Crippen molar-refractivity contribution in [2.75, 3.05) is 20.6 Å². The molecule has 1 fully saturated rings. The highest BCUT2D eigenvalue weighted by atomic mass is 15.1. The molecule has 0 amide bonds. The van der Waals surface area contributed by atoms with Gasteiger partial charge in [0.05, 0.1) is 0 Å². The van der Waals surface area contributed by atoms with E-state index >= 15 is 0 Å². The van der Waals surface area contributed by atoms with E-state index in [4.69, 9.17) is 0 Å². The maximum absolute atomic E-state index is 3.72. The first-order valence-corrected chi connectivity index (χ1v) is 7.13. The largest absolute Gasteiger partial charge is 0.314 e. The van der Waals surface area contributed by atoms with Crippen molar-refractivity contribution in [2.24, 2.45) is 0 Å². The normalized spacial score (nSPS) is 26.2. The molecule has 0 unspecified atom stereocenters. The average Bonchev–Trinajstić information content (AvgIpc) is 2.29. The zero-order valence-corrected chi connectivity index (χ0v) is 11.5. The van der Waals surface area contributed by atoms with Gasteiger partial charge in [-0.2, -0.15) is 0 Å². The van der Waals surface area contributed by atoms with Gasteiger partial charge in [-0.1, -0.05) is 26.2 Å². The topological polar surface area (TPSA) is 15.3 Å². The third-order valence-corrected chi connectivity index (χ3v) is 3.89. The van der Waals surface area contributed by atoms with Gasteiger partial charge in [0, 0.05) is 12.1 Å². The number of unbranched alkanes of at least 4 members (excludes halogenated alkanes) is 3. The second kappa shape index (κ2) is 8.08. The Kier molecular flexibility index (Phi) is 7.06. The van der Waals surface area contributed by atoms with Gasteiger partial charge in [0.15, 0.2) is 0 Å². The van der Waals surface area contributed by atoms with Crippen molar-refractivity contribution in [3.63, 3.8) is 0 Å². The van der Waals surface area contributed by atoms with Crippen molar-refractivity contribution in [1.82, 2.24) is 10.2 Å². The summed E-state index contributed by atoms with van der Waals surface area (Å²) in [5.41, 5.74) is 0. The summed E-state index contributed by atoms with van der Waals surface area (Å²) in [6.45, 7) is 3.51. The molecule has 0 radical (unpaired) electrons. The molecule has 16 heavy (non-hydrogen) atoms. The molecule has 0 heterocycles. The molecule has 0 aromatic heterocycles. The van der Waals surface area contributed by atoms with Gasteiger partial charge < -0.3 is 10.2 Å². The van der Waals surface area contributed by atoms with Gasteiger partial charge in [0.25, 0.3) is 0 Å². The van der Waals surface area contributed by atoms with E-state index in [9.17, 15) is 0 Å². The molecular formula is C14H30N2. The van der Waals surface area contributed by atoms with E-state index in [1.807, 2.05) is 0 Å². The van der Waals surface area contributed by atoms with Crippen LogP contribution in [0.2, 0.25) is 0 Å². The molecule has 0 bridgehead atoms. The van der Waals surface area contributed by atoms with Crippen LogP contribution in [-0.2, 0) is 0 Å². The lowest BCUT2D eigenvalue weighted by molar-refractivity contribution is 0.204. The molecule has 1 aliphatic rings. The number of hydrogen-bond acceptors (Lipinski definition) is 2. The third kappa shape index (κ3) is 5.31. The highest BCUT2D eigenvalue weighted by Crippen LogP contribution is 2.21. The van der Waals surface area contributed by atoms with Crippen molar-refractivity contribution in [1.29, 1.82) is 0 Å². The van der Waals surface area contributed by atoms with Gasteiger partial charge in [0.1, 0.15) is 0 Å². The molecule has 96 valence electrons. The first kappa shape index (κ1) is 14.0. The lowest BCUT2D eigenvalue weighted by atomic mass is 9.90. The quantitative estimate of drug-likeness (QED) is 0.671. The fourth-order valence-electron chi connectivity index (χ4n) is 2.65. The lowest BCUT2D eigenvalue weighted by Crippen LogP contribution is -2.39. The van der Waals surface area contributed by atoms with Gasteiger partial charge in [-0.25, -0.2) is 0 Å². The first-order valence-electron chi connectivity index (χ1n) is 7.13. The molecule has 1 saturated carbocycles. The summed E-state index contributed by atoms with van der Waals surface area (Å²) in [5, 5.41) is 3.72. The molecule has 1 N–H and O–H groups in total. The summed E-state index contributed by atoms with van der Waals surface area (Å²) in [6, 6.07) is 1.64. The Bertz CT molecular complexity index is 160. The van der Waals surface area contributed by atoms with Crippen LogP contribution in [0.25, 0.3) is 0 Å². The maximum Gasteiger partial charge on any atom is 0.00903 e. The predicted molar refractivity (Wildman–Crippen MR) is 71.9 cm³/mol. The smallest absolute Gasteiger partial charge is 0.00903 e. The highest BCUT2D eigenvalue weighted by Gasteiger charge is 2.21. The van der Waals surface area contributed by atoms with Crippen LogP contribution in [0.3, 0.4) is 0 Å². The van der Waals surface area contributed by atoms with E-state index in [2.05, 4.69) is 31.2 Å². The van der Waals surface area contributed by atoms with Gasteiger partial charge in [-0.05, 0) is 52.7 Å². The van der Waals surface area contributed by atoms with Crippen LogP contribution in [0.15, 0.2) is 0 Å². The number of nitrogens with one attached hydrogen (secondary N) is 1. The molecule has 0 aromatic rings. The fourth-order valence-corrected chi connectivity index (χ4v) is 2.65. The van der Waals surface area contributed by atoms with Gasteiger partial charge in [-0.15, -0.1) is 0 Å². The Morgan fingerprint density at radius 2 is 1.69 bits per heavy atom. The van der Waals surface area contributed by atoms with Crippen molar-refractivity contribution in [3.8, 4) is 0 Å². The Hall–Kier alpha value is -0.0800. The Balaban J connectivity index is 1.99. The van der Waals surface area contributed by atoms with Gasteiger partial charge in [-0.3, -0.25) is 0 Å². The van der Waals surface area contributed by atoms with Crippen molar-refractivity contribution >= 4 is 0 Å². The van der Waals surface area contributed by atoms with Crippen LogP contribution in [-0.4, -0.2) is 37.6 Å². The van der Waals surface area contributed by atoms with Crippen LogP contribution in [0.5, 0.6) is 0 Å². The molecule has 1 aliphatic carbocycles. The molecule has 0 aromatic carbocycles. The summed E-state index contributed by atoms with van der Waals surface area (Å²) in [4.78, 5) is 2.39. The molecule has 2 nitrogen and oxygen atoms in total. The van der Waals surface area contributed by atoms with E-state index in [0.29, 0.717) is 0 Å². The number of hydrogen-bond donors (Lipinski definition) is 1. The first-order chi connectivity index (χ1) is 7.74. The summed E-state index contributed by atoms with van der Waals surface area (Å²) in [6.07, 6.45) is 11.0. The Morgan fingerprint density at radius 1 is 1.00 bits per heavy atom. The minimum atomic E-state index is 0.804. The number of nitrogens with zero attached hydrogens (tertiary/aromatic N) is 1. The van der Waals surface area contributed by atoms with Crippen molar-refractivity contribution < 1.29 is 0 Å². The standard InChI is InChI=1S/C14H30N2/c1-4-5-6-7-12-15-13-8-10-14(11-9-13)16(2)3/h13-15H,4-12H2,1-3H3. The Labute approximate surface area is 102 Å². The molecule has 0 spiro atoms. The highest BCUT2D eigenvalue weighted by molar-refractivity contribution is 4.80. The van der Waals surface area contributed by atoms with Crippen LogP contribution in [0.1, 0.15) is 58.3 Å². The van der Waals surface area contributed by atoms with E-state index in [1.165, 1.54) is 57.9 Å². The van der Waals surface area contributed by atoms with E-state index in [1.54, 1.807) is 0 Å². The summed E-state index contributed by atoms with van der Waals surface area (Å²) >= 11 is 0. The lowest BCUT2D eigenvalue weighted by Gasteiger charge is -2.33. The summed E-state index contributed by atoms with van der Waals surface area (Å²) < 4.78 is 0. The van der Waals surface area contributed by atoms with Crippen LogP contribution in [0, 0.1) is 0 Å². The Morgan fingerprint density at radius 3 is 2.25 bits per heavy atom. The molecule has 0 aliphatic heterocycles. The second-order valence-electron chi connectivity index (χ2n) is 5.48. The molecule has 1 rings (SSSR count). The molecule has 0 saturated heterocycles. The van der Waals surface area contributed by atoms with Crippen LogP contribution < -0.4 is 5.32 Å². The van der Waals surface area contributed by atoms with E-state index < -0.39 is 0 Å². The van der Waals surface area contributed by atoms with Crippen LogP contribution >= 0.6 is 0 Å². The monoisotopic (exact) mass is 226 g/mol. The third-order valence-electron chi connectivity index (χ3n) is 3.89. The number of rotatable bonds is 7. The van der Waals surface area contributed by atoms with Gasteiger partial charge in [0.2, 0.25) is 0 Å². The van der Waals surface area contributed by atoms with Crippen molar-refractivity contribution in [2.45, 2.75) is 70.4 Å². The van der Waals surface area contributed by atoms with E-state index in [0.717, 1.165) is 12.1 Å². The predicted octanol–water partition coefficient (Wildman–Crippen LogP) is 3.03. The second-order valence-corrected chi connectivity index (χ2v) is 5.48. The summed E-state index contributed by atoms with van der Waals surface area (Å²) in [5.74, 6) is 0. The zero-order chi connectivity index (χ0) is 11.8. The molecule has 0 atom stereocenters. The minimum absolute atomic E-state index is 0.804. The van der Waals surface area contributed by atoms with Gasteiger partial charge >= 0.3 is 0 Å². The van der Waals surface area contributed by atoms with Crippen molar-refractivity contribution in [3.05, 3.63) is 0 Å².